The van der Waals surface area contributed by atoms with Crippen LogP contribution in [-0.4, -0.2) is 47.8 Å². The van der Waals surface area contributed by atoms with E-state index in [2.05, 4.69) is 5.32 Å². The minimum Gasteiger partial charge on any atom is -0.367 e. The second kappa shape index (κ2) is 4.69. The van der Waals surface area contributed by atoms with E-state index in [-0.39, 0.29) is 5.41 Å². The van der Waals surface area contributed by atoms with E-state index < -0.39 is 11.6 Å². The minimum atomic E-state index is -1.51. The standard InChI is InChI=1S/C11H23N3O2/c1-10(2,3)8-11(16,9(12)15)14-6-4-13-5-7-14/h13,16H,4-8H2,1-3H3,(H2,12,15). The first-order valence-corrected chi connectivity index (χ1v) is 5.74. The van der Waals surface area contributed by atoms with Crippen LogP contribution in [0.25, 0.3) is 0 Å². The van der Waals surface area contributed by atoms with Gasteiger partial charge in [0.2, 0.25) is 0 Å². The zero-order valence-corrected chi connectivity index (χ0v) is 10.4. The lowest BCUT2D eigenvalue weighted by atomic mass is 9.84. The molecule has 1 fully saturated rings. The highest BCUT2D eigenvalue weighted by atomic mass is 16.3. The third-order valence-corrected chi connectivity index (χ3v) is 2.81. The molecule has 1 saturated heterocycles. The fourth-order valence-electron chi connectivity index (χ4n) is 2.13. The highest BCUT2D eigenvalue weighted by Crippen LogP contribution is 2.30. The Balaban J connectivity index is 2.82. The third-order valence-electron chi connectivity index (χ3n) is 2.81. The highest BCUT2D eigenvalue weighted by Gasteiger charge is 2.43. The monoisotopic (exact) mass is 229 g/mol. The number of aliphatic hydroxyl groups is 1. The van der Waals surface area contributed by atoms with Crippen LogP contribution in [0, 0.1) is 5.41 Å². The molecule has 4 N–H and O–H groups in total. The summed E-state index contributed by atoms with van der Waals surface area (Å²) in [6.45, 7) is 8.82. The molecule has 0 aromatic carbocycles. The molecule has 1 aliphatic rings. The SMILES string of the molecule is CC(C)(C)CC(O)(C(N)=O)N1CCNCC1. The predicted octanol–water partition coefficient (Wildman–Crippen LogP) is -0.498. The van der Waals surface area contributed by atoms with Crippen LogP contribution in [0.2, 0.25) is 0 Å². The average Bonchev–Trinajstić information content (AvgIpc) is 2.16. The first kappa shape index (κ1) is 13.4. The van der Waals surface area contributed by atoms with E-state index >= 15 is 0 Å². The van der Waals surface area contributed by atoms with Crippen LogP contribution in [0.5, 0.6) is 0 Å². The first-order chi connectivity index (χ1) is 7.26. The number of rotatable bonds is 3. The topological polar surface area (TPSA) is 78.6 Å². The van der Waals surface area contributed by atoms with E-state index in [1.807, 2.05) is 20.8 Å². The molecule has 0 aromatic rings. The Morgan fingerprint density at radius 2 is 1.88 bits per heavy atom. The molecule has 0 aromatic heterocycles. The van der Waals surface area contributed by atoms with Gasteiger partial charge in [-0.3, -0.25) is 9.69 Å². The highest BCUT2D eigenvalue weighted by molar-refractivity contribution is 5.82. The molecular formula is C11H23N3O2. The van der Waals surface area contributed by atoms with E-state index in [1.54, 1.807) is 4.90 Å². The number of carbonyl (C=O) groups excluding carboxylic acids is 1. The van der Waals surface area contributed by atoms with Crippen LogP contribution in [-0.2, 0) is 4.79 Å². The van der Waals surface area contributed by atoms with Gasteiger partial charge in [0.1, 0.15) is 0 Å². The Labute approximate surface area is 97.0 Å². The summed E-state index contributed by atoms with van der Waals surface area (Å²) in [5.41, 5.74) is 3.70. The number of piperazine rings is 1. The Kier molecular flexibility index (Phi) is 3.93. The molecule has 5 heteroatoms. The quantitative estimate of drug-likeness (QED) is 0.610. The number of hydrogen-bond acceptors (Lipinski definition) is 4. The Morgan fingerprint density at radius 3 is 2.25 bits per heavy atom. The minimum absolute atomic E-state index is 0.144. The van der Waals surface area contributed by atoms with Gasteiger partial charge in [-0.15, -0.1) is 0 Å². The second-order valence-electron chi connectivity index (χ2n) is 5.66. The normalized spacial score (nSPS) is 22.8. The van der Waals surface area contributed by atoms with E-state index in [0.717, 1.165) is 13.1 Å². The zero-order valence-electron chi connectivity index (χ0n) is 10.4. The summed E-state index contributed by atoms with van der Waals surface area (Å²) in [6.07, 6.45) is 0.356. The molecule has 1 heterocycles. The number of primary amides is 1. The molecule has 0 bridgehead atoms. The van der Waals surface area contributed by atoms with Crippen molar-refractivity contribution in [1.82, 2.24) is 10.2 Å². The number of nitrogens with one attached hydrogen (secondary N) is 1. The van der Waals surface area contributed by atoms with Gasteiger partial charge in [-0.1, -0.05) is 20.8 Å². The molecule has 1 aliphatic heterocycles. The van der Waals surface area contributed by atoms with Crippen LogP contribution in [0.3, 0.4) is 0 Å². The van der Waals surface area contributed by atoms with Gasteiger partial charge < -0.3 is 16.2 Å². The van der Waals surface area contributed by atoms with Crippen molar-refractivity contribution in [3.05, 3.63) is 0 Å². The smallest absolute Gasteiger partial charge is 0.264 e. The van der Waals surface area contributed by atoms with Crippen LogP contribution >= 0.6 is 0 Å². The molecule has 0 saturated carbocycles. The molecule has 94 valence electrons. The molecule has 1 amide bonds. The number of nitrogens with zero attached hydrogens (tertiary/aromatic N) is 1. The van der Waals surface area contributed by atoms with Gasteiger partial charge in [0, 0.05) is 32.6 Å². The third kappa shape index (κ3) is 3.17. The Morgan fingerprint density at radius 1 is 1.38 bits per heavy atom. The summed E-state index contributed by atoms with van der Waals surface area (Å²) in [4.78, 5) is 13.3. The van der Waals surface area contributed by atoms with Crippen molar-refractivity contribution >= 4 is 5.91 Å². The maximum absolute atomic E-state index is 11.5. The summed E-state index contributed by atoms with van der Waals surface area (Å²) in [7, 11) is 0. The lowest BCUT2D eigenvalue weighted by molar-refractivity contribution is -0.169. The van der Waals surface area contributed by atoms with Crippen molar-refractivity contribution < 1.29 is 9.90 Å². The Hall–Kier alpha value is -0.650. The van der Waals surface area contributed by atoms with Crippen LogP contribution < -0.4 is 11.1 Å². The number of nitrogens with two attached hydrogens (primary N) is 1. The molecule has 16 heavy (non-hydrogen) atoms. The number of hydrogen-bond donors (Lipinski definition) is 3. The van der Waals surface area contributed by atoms with Crippen molar-refractivity contribution in [1.29, 1.82) is 0 Å². The lowest BCUT2D eigenvalue weighted by Gasteiger charge is -2.42. The van der Waals surface area contributed by atoms with Gasteiger partial charge >= 0.3 is 0 Å². The van der Waals surface area contributed by atoms with E-state index in [9.17, 15) is 9.90 Å². The summed E-state index contributed by atoms with van der Waals surface area (Å²) >= 11 is 0. The average molecular weight is 229 g/mol. The maximum atomic E-state index is 11.5. The summed E-state index contributed by atoms with van der Waals surface area (Å²) < 4.78 is 0. The summed E-state index contributed by atoms with van der Waals surface area (Å²) in [5.74, 6) is -0.649. The van der Waals surface area contributed by atoms with Gasteiger partial charge in [-0.2, -0.15) is 0 Å². The van der Waals surface area contributed by atoms with E-state index in [1.165, 1.54) is 0 Å². The van der Waals surface area contributed by atoms with Gasteiger partial charge in [0.05, 0.1) is 0 Å². The second-order valence-corrected chi connectivity index (χ2v) is 5.66. The molecule has 0 aliphatic carbocycles. The zero-order chi connectivity index (χ0) is 12.4. The first-order valence-electron chi connectivity index (χ1n) is 5.74. The summed E-state index contributed by atoms with van der Waals surface area (Å²) in [5, 5.41) is 13.7. The Bertz CT molecular complexity index is 256. The van der Waals surface area contributed by atoms with Gasteiger partial charge in [0.25, 0.3) is 5.91 Å². The fourth-order valence-corrected chi connectivity index (χ4v) is 2.13. The molecule has 5 nitrogen and oxygen atoms in total. The largest absolute Gasteiger partial charge is 0.367 e. The van der Waals surface area contributed by atoms with E-state index in [0.29, 0.717) is 19.5 Å². The number of carbonyl (C=O) groups is 1. The van der Waals surface area contributed by atoms with Crippen molar-refractivity contribution in [3.8, 4) is 0 Å². The lowest BCUT2D eigenvalue weighted by Crippen LogP contribution is -2.63. The molecule has 1 rings (SSSR count). The van der Waals surface area contributed by atoms with Crippen LogP contribution in [0.1, 0.15) is 27.2 Å². The van der Waals surface area contributed by atoms with Gasteiger partial charge in [-0.05, 0) is 5.41 Å². The van der Waals surface area contributed by atoms with Gasteiger partial charge in [0.15, 0.2) is 5.72 Å². The van der Waals surface area contributed by atoms with Crippen LogP contribution in [0.4, 0.5) is 0 Å². The molecule has 1 unspecified atom stereocenters. The predicted molar refractivity (Wildman–Crippen MR) is 62.7 cm³/mol. The maximum Gasteiger partial charge on any atom is 0.264 e. The van der Waals surface area contributed by atoms with Crippen molar-refractivity contribution in [2.75, 3.05) is 26.2 Å². The molecule has 1 atom stereocenters. The van der Waals surface area contributed by atoms with Crippen molar-refractivity contribution in [2.24, 2.45) is 11.1 Å². The number of amides is 1. The molecular weight excluding hydrogens is 206 g/mol. The molecule has 0 radical (unpaired) electrons. The molecule has 0 spiro atoms. The van der Waals surface area contributed by atoms with Crippen molar-refractivity contribution in [2.45, 2.75) is 32.9 Å². The van der Waals surface area contributed by atoms with Gasteiger partial charge in [-0.25, -0.2) is 0 Å². The fraction of sp³-hybridized carbons (Fsp3) is 0.909. The van der Waals surface area contributed by atoms with E-state index in [4.69, 9.17) is 5.73 Å². The summed E-state index contributed by atoms with van der Waals surface area (Å²) in [6, 6.07) is 0. The van der Waals surface area contributed by atoms with Crippen LogP contribution in [0.15, 0.2) is 0 Å². The van der Waals surface area contributed by atoms with Crippen molar-refractivity contribution in [3.63, 3.8) is 0 Å².